The highest BCUT2D eigenvalue weighted by Crippen LogP contribution is 2.44. The lowest BCUT2D eigenvalue weighted by Gasteiger charge is -2.29. The number of rotatable bonds is 12. The summed E-state index contributed by atoms with van der Waals surface area (Å²) in [5, 5.41) is 3.73. The number of nitrogens with one attached hydrogen (secondary N) is 1. The van der Waals surface area contributed by atoms with Crippen molar-refractivity contribution in [3.63, 3.8) is 0 Å². The Kier molecular flexibility index (Phi) is 10.1. The van der Waals surface area contributed by atoms with E-state index in [2.05, 4.69) is 81.6 Å². The molecule has 0 aliphatic carbocycles. The van der Waals surface area contributed by atoms with Crippen LogP contribution in [-0.4, -0.2) is 73.9 Å². The SMILES string of the molecule is COc1ccc(COc2cc(N3CCOCC3)cc(-c3cccc4c3Oc3ccc(NC(CCN(C)C)c5cnc(C)cn5)cc3C4)n2)cc1. The van der Waals surface area contributed by atoms with Crippen LogP contribution in [0.15, 0.2) is 85.2 Å². The predicted molar refractivity (Wildman–Crippen MR) is 196 cm³/mol. The summed E-state index contributed by atoms with van der Waals surface area (Å²) in [5.41, 5.74) is 8.92. The molecule has 258 valence electrons. The molecule has 4 heterocycles. The second-order valence-electron chi connectivity index (χ2n) is 13.1. The second kappa shape index (κ2) is 15.1. The molecule has 0 bridgehead atoms. The second-order valence-corrected chi connectivity index (χ2v) is 13.1. The molecule has 0 saturated carbocycles. The molecular formula is C40H44N6O4. The summed E-state index contributed by atoms with van der Waals surface area (Å²) in [7, 11) is 5.84. The first-order chi connectivity index (χ1) is 24.4. The highest BCUT2D eigenvalue weighted by Gasteiger charge is 2.24. The van der Waals surface area contributed by atoms with Crippen LogP contribution in [0.2, 0.25) is 0 Å². The highest BCUT2D eigenvalue weighted by molar-refractivity contribution is 5.75. The third-order valence-electron chi connectivity index (χ3n) is 9.10. The van der Waals surface area contributed by atoms with Gasteiger partial charge >= 0.3 is 0 Å². The van der Waals surface area contributed by atoms with Crippen molar-refractivity contribution in [3.05, 3.63) is 113 Å². The summed E-state index contributed by atoms with van der Waals surface area (Å²) in [5.74, 6) is 3.04. The topological polar surface area (TPSA) is 94.1 Å². The Labute approximate surface area is 294 Å². The Morgan fingerprint density at radius 3 is 2.54 bits per heavy atom. The Balaban J connectivity index is 1.15. The van der Waals surface area contributed by atoms with Crippen LogP contribution in [0.3, 0.4) is 0 Å². The largest absolute Gasteiger partial charge is 0.497 e. The van der Waals surface area contributed by atoms with E-state index in [0.29, 0.717) is 25.7 Å². The first-order valence-corrected chi connectivity index (χ1v) is 17.2. The molecule has 1 atom stereocenters. The molecule has 5 aromatic rings. The zero-order chi connectivity index (χ0) is 34.5. The van der Waals surface area contributed by atoms with Crippen molar-refractivity contribution in [2.75, 3.05) is 64.3 Å². The van der Waals surface area contributed by atoms with Crippen molar-refractivity contribution in [1.82, 2.24) is 19.9 Å². The summed E-state index contributed by atoms with van der Waals surface area (Å²) >= 11 is 0. The maximum Gasteiger partial charge on any atom is 0.216 e. The van der Waals surface area contributed by atoms with Gasteiger partial charge in [-0.05, 0) is 82.0 Å². The number of fused-ring (bicyclic) bond motifs is 2. The van der Waals surface area contributed by atoms with Crippen molar-refractivity contribution < 1.29 is 18.9 Å². The minimum Gasteiger partial charge on any atom is -0.497 e. The average molecular weight is 673 g/mol. The molecule has 0 spiro atoms. The minimum absolute atomic E-state index is 0.0258. The number of ether oxygens (including phenoxy) is 4. The molecule has 1 saturated heterocycles. The number of methoxy groups -OCH3 is 1. The predicted octanol–water partition coefficient (Wildman–Crippen LogP) is 7.07. The van der Waals surface area contributed by atoms with Gasteiger partial charge < -0.3 is 34.1 Å². The monoisotopic (exact) mass is 672 g/mol. The smallest absolute Gasteiger partial charge is 0.216 e. The molecule has 10 nitrogen and oxygen atoms in total. The molecule has 2 aliphatic heterocycles. The summed E-state index contributed by atoms with van der Waals surface area (Å²) < 4.78 is 24.0. The van der Waals surface area contributed by atoms with E-state index >= 15 is 0 Å². The molecule has 2 aliphatic rings. The molecule has 50 heavy (non-hydrogen) atoms. The number of aryl methyl sites for hydroxylation is 1. The lowest BCUT2D eigenvalue weighted by atomic mass is 9.96. The standard InChI is InChI=1S/C40H44N6O4/c1-27-24-42-37(25-41-27)35(14-15-45(2)3)43-31-10-13-38-30(21-31)20-29-6-5-7-34(40(29)50-38)36-22-32(46-16-18-48-19-17-46)23-39(44-36)49-26-28-8-11-33(47-4)12-9-28/h5-13,21-25,35,43H,14-20,26H2,1-4H3. The zero-order valence-corrected chi connectivity index (χ0v) is 29.2. The van der Waals surface area contributed by atoms with Gasteiger partial charge in [-0.2, -0.15) is 0 Å². The van der Waals surface area contributed by atoms with E-state index in [0.717, 1.165) is 100 Å². The van der Waals surface area contributed by atoms with Crippen molar-refractivity contribution in [2.45, 2.75) is 32.4 Å². The van der Waals surface area contributed by atoms with Gasteiger partial charge in [-0.1, -0.05) is 24.3 Å². The number of benzene rings is 3. The van der Waals surface area contributed by atoms with E-state index in [9.17, 15) is 0 Å². The van der Waals surface area contributed by atoms with Gasteiger partial charge in [-0.15, -0.1) is 0 Å². The van der Waals surface area contributed by atoms with Gasteiger partial charge in [0.25, 0.3) is 0 Å². The number of para-hydroxylation sites is 1. The van der Waals surface area contributed by atoms with Crippen LogP contribution in [0.25, 0.3) is 11.3 Å². The normalized spacial score (nSPS) is 14.4. The molecule has 1 unspecified atom stereocenters. The van der Waals surface area contributed by atoms with Gasteiger partial charge in [0, 0.05) is 59.8 Å². The minimum atomic E-state index is 0.0258. The van der Waals surface area contributed by atoms with Crippen LogP contribution < -0.4 is 24.4 Å². The number of anilines is 2. The van der Waals surface area contributed by atoms with Crippen LogP contribution in [0.1, 0.15) is 40.5 Å². The Morgan fingerprint density at radius 2 is 1.78 bits per heavy atom. The molecule has 10 heteroatoms. The third-order valence-corrected chi connectivity index (χ3v) is 9.10. The molecule has 1 N–H and O–H groups in total. The first-order valence-electron chi connectivity index (χ1n) is 17.2. The lowest BCUT2D eigenvalue weighted by molar-refractivity contribution is 0.122. The quantitative estimate of drug-likeness (QED) is 0.146. The van der Waals surface area contributed by atoms with E-state index in [-0.39, 0.29) is 6.04 Å². The maximum atomic E-state index is 6.69. The molecule has 7 rings (SSSR count). The van der Waals surface area contributed by atoms with E-state index in [1.54, 1.807) is 7.11 Å². The van der Waals surface area contributed by atoms with Crippen molar-refractivity contribution in [3.8, 4) is 34.4 Å². The van der Waals surface area contributed by atoms with E-state index < -0.39 is 0 Å². The number of pyridine rings is 1. The number of nitrogens with zero attached hydrogens (tertiary/aromatic N) is 5. The molecule has 2 aromatic heterocycles. The van der Waals surface area contributed by atoms with E-state index in [4.69, 9.17) is 23.9 Å². The number of hydrogen-bond acceptors (Lipinski definition) is 10. The van der Waals surface area contributed by atoms with Crippen LogP contribution >= 0.6 is 0 Å². The van der Waals surface area contributed by atoms with Crippen LogP contribution in [0.5, 0.6) is 23.1 Å². The lowest BCUT2D eigenvalue weighted by Crippen LogP contribution is -2.36. The van der Waals surface area contributed by atoms with Gasteiger partial charge in [0.15, 0.2) is 0 Å². The zero-order valence-electron chi connectivity index (χ0n) is 29.2. The molecule has 0 radical (unpaired) electrons. The third kappa shape index (κ3) is 7.82. The van der Waals surface area contributed by atoms with Crippen molar-refractivity contribution in [1.29, 1.82) is 0 Å². The molecule has 0 amide bonds. The van der Waals surface area contributed by atoms with Gasteiger partial charge in [0.05, 0.1) is 49.6 Å². The average Bonchev–Trinajstić information content (AvgIpc) is 3.15. The molecule has 1 fully saturated rings. The Bertz CT molecular complexity index is 1910. The Morgan fingerprint density at radius 1 is 0.940 bits per heavy atom. The molecule has 3 aromatic carbocycles. The molecular weight excluding hydrogens is 628 g/mol. The number of aromatic nitrogens is 3. The van der Waals surface area contributed by atoms with Crippen LogP contribution in [-0.2, 0) is 17.8 Å². The van der Waals surface area contributed by atoms with Gasteiger partial charge in [-0.25, -0.2) is 4.98 Å². The van der Waals surface area contributed by atoms with Gasteiger partial charge in [0.2, 0.25) is 5.88 Å². The summed E-state index contributed by atoms with van der Waals surface area (Å²) in [4.78, 5) is 18.7. The fraction of sp³-hybridized carbons (Fsp3) is 0.325. The van der Waals surface area contributed by atoms with Crippen molar-refractivity contribution >= 4 is 11.4 Å². The first kappa shape index (κ1) is 33.3. The van der Waals surface area contributed by atoms with Crippen molar-refractivity contribution in [2.24, 2.45) is 0 Å². The van der Waals surface area contributed by atoms with Crippen LogP contribution in [0.4, 0.5) is 11.4 Å². The van der Waals surface area contributed by atoms with Gasteiger partial charge in [-0.3, -0.25) is 9.97 Å². The highest BCUT2D eigenvalue weighted by atomic mass is 16.5. The Hall–Kier alpha value is -5.19. The van der Waals surface area contributed by atoms with E-state index in [1.165, 1.54) is 0 Å². The fourth-order valence-corrected chi connectivity index (χ4v) is 6.32. The summed E-state index contributed by atoms with van der Waals surface area (Å²) in [6.45, 7) is 6.26. The maximum absolute atomic E-state index is 6.69. The summed E-state index contributed by atoms with van der Waals surface area (Å²) in [6, 6.07) is 24.7. The summed E-state index contributed by atoms with van der Waals surface area (Å²) in [6.07, 6.45) is 5.34. The van der Waals surface area contributed by atoms with E-state index in [1.807, 2.05) is 49.6 Å². The van der Waals surface area contributed by atoms with Gasteiger partial charge in [0.1, 0.15) is 23.9 Å². The number of morpholine rings is 1. The fourth-order valence-electron chi connectivity index (χ4n) is 6.32. The number of hydrogen-bond donors (Lipinski definition) is 1. The van der Waals surface area contributed by atoms with Crippen LogP contribution in [0, 0.1) is 6.92 Å².